The van der Waals surface area contributed by atoms with Gasteiger partial charge in [0.15, 0.2) is 0 Å². The van der Waals surface area contributed by atoms with E-state index in [-0.39, 0.29) is 6.42 Å². The summed E-state index contributed by atoms with van der Waals surface area (Å²) < 4.78 is 4.92. The molecule has 0 spiro atoms. The van der Waals surface area contributed by atoms with E-state index >= 15 is 0 Å². The van der Waals surface area contributed by atoms with Gasteiger partial charge in [0.1, 0.15) is 12.9 Å². The number of amides is 1. The first-order chi connectivity index (χ1) is 5.83. The zero-order valence-electron chi connectivity index (χ0n) is 6.56. The lowest BCUT2D eigenvalue weighted by atomic mass is 10.3. The largest absolute Gasteiger partial charge is 0.469 e. The van der Waals surface area contributed by atoms with Gasteiger partial charge >= 0.3 is 0 Å². The average Bonchev–Trinajstić information content (AvgIpc) is 2.53. The van der Waals surface area contributed by atoms with Crippen molar-refractivity contribution in [1.82, 2.24) is 0 Å². The first-order valence-corrected chi connectivity index (χ1v) is 3.32. The molecule has 0 aliphatic carbocycles. The number of carbonyl (C=O) groups is 1. The van der Waals surface area contributed by atoms with Crippen LogP contribution in [0, 0.1) is 0 Å². The highest BCUT2D eigenvalue weighted by molar-refractivity contribution is 5.78. The van der Waals surface area contributed by atoms with Crippen LogP contribution in [0.5, 0.6) is 0 Å². The van der Waals surface area contributed by atoms with E-state index in [9.17, 15) is 4.79 Å². The zero-order chi connectivity index (χ0) is 8.81. The van der Waals surface area contributed by atoms with Crippen LogP contribution in [0.2, 0.25) is 0 Å². The second-order valence-electron chi connectivity index (χ2n) is 2.01. The topological polar surface area (TPSA) is 64.2 Å². The van der Waals surface area contributed by atoms with Crippen LogP contribution in [-0.2, 0) is 16.1 Å². The van der Waals surface area contributed by atoms with E-state index in [0.29, 0.717) is 5.76 Å². The second kappa shape index (κ2) is 4.27. The number of hydrogen-bond acceptors (Lipinski definition) is 4. The van der Waals surface area contributed by atoms with Gasteiger partial charge in [0.25, 0.3) is 5.91 Å². The lowest BCUT2D eigenvalue weighted by molar-refractivity contribution is -0.118. The molecule has 0 saturated heterocycles. The molecule has 0 N–H and O–H groups in total. The lowest BCUT2D eigenvalue weighted by Gasteiger charge is -1.88. The molecule has 1 aromatic rings. The first kappa shape index (κ1) is 8.45. The molecular weight excluding hydrogens is 160 g/mol. The minimum absolute atomic E-state index is 0.111. The highest BCUT2D eigenvalue weighted by Crippen LogP contribution is 2.01. The van der Waals surface area contributed by atoms with Crippen molar-refractivity contribution in [3.05, 3.63) is 24.2 Å². The molecule has 64 valence electrons. The minimum Gasteiger partial charge on any atom is -0.469 e. The van der Waals surface area contributed by atoms with Crippen LogP contribution in [0.15, 0.2) is 33.2 Å². The fraction of sp³-hybridized carbons (Fsp3) is 0.286. The van der Waals surface area contributed by atoms with Crippen LogP contribution in [0.25, 0.3) is 0 Å². The van der Waals surface area contributed by atoms with Gasteiger partial charge in [0.2, 0.25) is 0 Å². The van der Waals surface area contributed by atoms with Crippen LogP contribution in [0.3, 0.4) is 0 Å². The standard InChI is InChI=1S/C7H8N2O3/c1-11-9-8-7(10)5-6-3-2-4-12-6/h2-4H,5H2,1H3. The highest BCUT2D eigenvalue weighted by Gasteiger charge is 2.03. The van der Waals surface area contributed by atoms with Gasteiger partial charge in [0, 0.05) is 5.28 Å². The summed E-state index contributed by atoms with van der Waals surface area (Å²) in [6.45, 7) is 0. The summed E-state index contributed by atoms with van der Waals surface area (Å²) >= 11 is 0. The Bertz CT molecular complexity index is 266. The van der Waals surface area contributed by atoms with Crippen molar-refractivity contribution in [2.45, 2.75) is 6.42 Å². The van der Waals surface area contributed by atoms with E-state index in [1.165, 1.54) is 13.4 Å². The highest BCUT2D eigenvalue weighted by atomic mass is 16.6. The molecule has 0 bridgehead atoms. The average molecular weight is 168 g/mol. The molecule has 1 rings (SSSR count). The maximum Gasteiger partial charge on any atom is 0.275 e. The van der Waals surface area contributed by atoms with E-state index in [0.717, 1.165) is 0 Å². The van der Waals surface area contributed by atoms with Gasteiger partial charge in [0.05, 0.1) is 12.7 Å². The number of furan rings is 1. The second-order valence-corrected chi connectivity index (χ2v) is 2.01. The van der Waals surface area contributed by atoms with Crippen LogP contribution < -0.4 is 0 Å². The molecule has 1 amide bonds. The quantitative estimate of drug-likeness (QED) is 0.505. The van der Waals surface area contributed by atoms with Gasteiger partial charge in [-0.1, -0.05) is 5.11 Å². The van der Waals surface area contributed by atoms with E-state index in [4.69, 9.17) is 4.42 Å². The molecule has 0 aliphatic rings. The number of carbonyl (C=O) groups excluding carboxylic acids is 1. The van der Waals surface area contributed by atoms with Crippen molar-refractivity contribution in [2.24, 2.45) is 10.4 Å². The summed E-state index contributed by atoms with van der Waals surface area (Å²) in [6, 6.07) is 3.40. The molecule has 5 heteroatoms. The SMILES string of the molecule is CON=NC(=O)Cc1ccco1. The minimum atomic E-state index is -0.396. The Labute approximate surface area is 69.0 Å². The third-order valence-corrected chi connectivity index (χ3v) is 1.14. The summed E-state index contributed by atoms with van der Waals surface area (Å²) in [5, 5.41) is 6.31. The molecule has 0 radical (unpaired) electrons. The first-order valence-electron chi connectivity index (χ1n) is 3.32. The summed E-state index contributed by atoms with van der Waals surface area (Å²) in [7, 11) is 1.32. The van der Waals surface area contributed by atoms with Gasteiger partial charge in [-0.25, -0.2) is 0 Å². The number of rotatable bonds is 3. The van der Waals surface area contributed by atoms with Crippen LogP contribution in [0.1, 0.15) is 5.76 Å². The van der Waals surface area contributed by atoms with Crippen molar-refractivity contribution >= 4 is 5.91 Å². The maximum atomic E-state index is 10.9. The molecule has 0 aliphatic heterocycles. The molecule has 0 unspecified atom stereocenters. The van der Waals surface area contributed by atoms with Crippen LogP contribution in [-0.4, -0.2) is 13.0 Å². The Morgan fingerprint density at radius 3 is 3.17 bits per heavy atom. The third-order valence-electron chi connectivity index (χ3n) is 1.14. The predicted molar refractivity (Wildman–Crippen MR) is 39.3 cm³/mol. The Morgan fingerprint density at radius 2 is 2.58 bits per heavy atom. The molecule has 1 aromatic heterocycles. The van der Waals surface area contributed by atoms with Crippen molar-refractivity contribution in [3.8, 4) is 0 Å². The van der Waals surface area contributed by atoms with E-state index in [1.807, 2.05) is 0 Å². The molecule has 1 heterocycles. The maximum absolute atomic E-state index is 10.9. The lowest BCUT2D eigenvalue weighted by Crippen LogP contribution is -1.96. The van der Waals surface area contributed by atoms with E-state index < -0.39 is 5.91 Å². The smallest absolute Gasteiger partial charge is 0.275 e. The summed E-state index contributed by atoms with van der Waals surface area (Å²) in [5.74, 6) is 0.168. The normalized spacial score (nSPS) is 10.4. The predicted octanol–water partition coefficient (Wildman–Crippen LogP) is 1.36. The van der Waals surface area contributed by atoms with E-state index in [1.54, 1.807) is 12.1 Å². The fourth-order valence-electron chi connectivity index (χ4n) is 0.684. The van der Waals surface area contributed by atoms with Gasteiger partial charge in [-0.15, -0.1) is 0 Å². The molecule has 0 aromatic carbocycles. The van der Waals surface area contributed by atoms with Crippen molar-refractivity contribution < 1.29 is 14.0 Å². The molecule has 0 fully saturated rings. The molecule has 0 atom stereocenters. The van der Waals surface area contributed by atoms with Crippen LogP contribution >= 0.6 is 0 Å². The van der Waals surface area contributed by atoms with Crippen molar-refractivity contribution in [3.63, 3.8) is 0 Å². The monoisotopic (exact) mass is 168 g/mol. The molecule has 0 saturated carbocycles. The Morgan fingerprint density at radius 1 is 1.75 bits per heavy atom. The van der Waals surface area contributed by atoms with Gasteiger partial charge < -0.3 is 9.25 Å². The Kier molecular flexibility index (Phi) is 3.01. The number of hydrogen-bond donors (Lipinski definition) is 0. The zero-order valence-corrected chi connectivity index (χ0v) is 6.56. The molecule has 5 nitrogen and oxygen atoms in total. The molecule has 12 heavy (non-hydrogen) atoms. The van der Waals surface area contributed by atoms with Crippen molar-refractivity contribution in [1.29, 1.82) is 0 Å². The molecular formula is C7H8N2O3. The summed E-state index contributed by atoms with van der Waals surface area (Å²) in [5.41, 5.74) is 0. The van der Waals surface area contributed by atoms with Gasteiger partial charge in [-0.05, 0) is 12.1 Å². The summed E-state index contributed by atoms with van der Waals surface area (Å²) in [4.78, 5) is 15.1. The van der Waals surface area contributed by atoms with Gasteiger partial charge in [-0.2, -0.15) is 0 Å². The summed E-state index contributed by atoms with van der Waals surface area (Å²) in [6.07, 6.45) is 1.61. The van der Waals surface area contributed by atoms with E-state index in [2.05, 4.69) is 15.2 Å². The fourth-order valence-corrected chi connectivity index (χ4v) is 0.684. The number of nitrogens with zero attached hydrogens (tertiary/aromatic N) is 2. The van der Waals surface area contributed by atoms with Gasteiger partial charge in [-0.3, -0.25) is 4.79 Å². The van der Waals surface area contributed by atoms with Crippen LogP contribution in [0.4, 0.5) is 0 Å². The Hall–Kier alpha value is -1.65. The Balaban J connectivity index is 2.42. The van der Waals surface area contributed by atoms with Crippen molar-refractivity contribution in [2.75, 3.05) is 7.11 Å². The third kappa shape index (κ3) is 2.53.